The number of nitrogens with one attached hydrogen (secondary N) is 2. The number of aromatic nitrogens is 2. The first-order valence-corrected chi connectivity index (χ1v) is 4.83. The molecule has 2 rings (SSSR count). The highest BCUT2D eigenvalue weighted by molar-refractivity contribution is 4.81. The van der Waals surface area contributed by atoms with Crippen LogP contribution >= 0.6 is 0 Å². The largest absolute Gasteiger partial charge is 0.325 e. The number of hydrogen-bond donors (Lipinski definition) is 2. The van der Waals surface area contributed by atoms with Gasteiger partial charge in [-0.3, -0.25) is 4.57 Å². The van der Waals surface area contributed by atoms with Gasteiger partial charge >= 0.3 is 5.69 Å². The molecular weight excluding hydrogens is 166 g/mol. The van der Waals surface area contributed by atoms with Crippen LogP contribution in [0.2, 0.25) is 0 Å². The van der Waals surface area contributed by atoms with Crippen LogP contribution in [0.1, 0.15) is 19.3 Å². The van der Waals surface area contributed by atoms with E-state index in [4.69, 9.17) is 0 Å². The SMILES string of the molecule is O=c1[nH]ccn1CCCNC1CC1. The fraction of sp³-hybridized carbons (Fsp3) is 0.667. The Hall–Kier alpha value is -1.03. The van der Waals surface area contributed by atoms with Crippen LogP contribution in [0.25, 0.3) is 0 Å². The van der Waals surface area contributed by atoms with Gasteiger partial charge in [0.1, 0.15) is 0 Å². The van der Waals surface area contributed by atoms with E-state index >= 15 is 0 Å². The lowest BCUT2D eigenvalue weighted by Crippen LogP contribution is -2.22. The van der Waals surface area contributed by atoms with Crippen LogP contribution in [0.5, 0.6) is 0 Å². The van der Waals surface area contributed by atoms with Gasteiger partial charge in [-0.1, -0.05) is 0 Å². The third-order valence-corrected chi connectivity index (χ3v) is 2.31. The number of aryl methyl sites for hydroxylation is 1. The molecule has 0 saturated heterocycles. The average Bonchev–Trinajstić information content (AvgIpc) is 2.86. The topological polar surface area (TPSA) is 49.8 Å². The monoisotopic (exact) mass is 181 g/mol. The molecule has 0 aromatic carbocycles. The molecule has 4 heteroatoms. The molecule has 1 heterocycles. The molecule has 0 aliphatic heterocycles. The maximum atomic E-state index is 11.0. The van der Waals surface area contributed by atoms with Crippen LogP contribution in [-0.4, -0.2) is 22.1 Å². The minimum absolute atomic E-state index is 0.00794. The number of rotatable bonds is 5. The molecule has 1 aromatic heterocycles. The van der Waals surface area contributed by atoms with Crippen LogP contribution in [0.4, 0.5) is 0 Å². The first-order valence-electron chi connectivity index (χ1n) is 4.83. The summed E-state index contributed by atoms with van der Waals surface area (Å²) in [5.41, 5.74) is -0.00794. The molecule has 4 nitrogen and oxygen atoms in total. The highest BCUT2D eigenvalue weighted by Crippen LogP contribution is 2.18. The molecule has 0 atom stereocenters. The zero-order chi connectivity index (χ0) is 9.10. The van der Waals surface area contributed by atoms with E-state index in [0.29, 0.717) is 0 Å². The molecule has 0 bridgehead atoms. The quantitative estimate of drug-likeness (QED) is 0.643. The van der Waals surface area contributed by atoms with Crippen molar-refractivity contribution in [2.24, 2.45) is 0 Å². The van der Waals surface area contributed by atoms with Gasteiger partial charge in [-0.15, -0.1) is 0 Å². The summed E-state index contributed by atoms with van der Waals surface area (Å²) in [5.74, 6) is 0. The third kappa shape index (κ3) is 2.45. The Labute approximate surface area is 77.0 Å². The maximum Gasteiger partial charge on any atom is 0.325 e. The lowest BCUT2D eigenvalue weighted by molar-refractivity contribution is 0.570. The molecule has 72 valence electrons. The van der Waals surface area contributed by atoms with Gasteiger partial charge in [0.2, 0.25) is 0 Å². The Bertz CT molecular complexity index is 311. The van der Waals surface area contributed by atoms with Crippen molar-refractivity contribution in [2.75, 3.05) is 6.54 Å². The van der Waals surface area contributed by atoms with E-state index < -0.39 is 0 Å². The molecule has 0 radical (unpaired) electrons. The Morgan fingerprint density at radius 1 is 1.62 bits per heavy atom. The van der Waals surface area contributed by atoms with Crippen LogP contribution < -0.4 is 11.0 Å². The van der Waals surface area contributed by atoms with Gasteiger partial charge in [0.05, 0.1) is 0 Å². The summed E-state index contributed by atoms with van der Waals surface area (Å²) in [6.07, 6.45) is 7.14. The van der Waals surface area contributed by atoms with Crippen LogP contribution in [0.15, 0.2) is 17.2 Å². The second-order valence-corrected chi connectivity index (χ2v) is 3.54. The molecule has 0 amide bonds. The number of imidazole rings is 1. The van der Waals surface area contributed by atoms with Crippen LogP contribution in [-0.2, 0) is 6.54 Å². The third-order valence-electron chi connectivity index (χ3n) is 2.31. The van der Waals surface area contributed by atoms with Gasteiger partial charge in [0.15, 0.2) is 0 Å². The van der Waals surface area contributed by atoms with Crippen molar-refractivity contribution in [1.29, 1.82) is 0 Å². The fourth-order valence-electron chi connectivity index (χ4n) is 1.37. The van der Waals surface area contributed by atoms with Crippen molar-refractivity contribution in [1.82, 2.24) is 14.9 Å². The summed E-state index contributed by atoms with van der Waals surface area (Å²) in [6, 6.07) is 0.767. The number of aromatic amines is 1. The number of hydrogen-bond acceptors (Lipinski definition) is 2. The minimum atomic E-state index is -0.00794. The molecule has 1 aromatic rings. The molecule has 1 fully saturated rings. The molecule has 1 aliphatic rings. The Morgan fingerprint density at radius 3 is 3.08 bits per heavy atom. The lowest BCUT2D eigenvalue weighted by atomic mass is 10.4. The molecular formula is C9H15N3O. The van der Waals surface area contributed by atoms with E-state index in [2.05, 4.69) is 10.3 Å². The van der Waals surface area contributed by atoms with E-state index in [1.54, 1.807) is 17.0 Å². The normalized spacial score (nSPS) is 16.3. The molecule has 1 aliphatic carbocycles. The van der Waals surface area contributed by atoms with Crippen molar-refractivity contribution >= 4 is 0 Å². The Balaban J connectivity index is 1.67. The van der Waals surface area contributed by atoms with Crippen molar-refractivity contribution in [3.63, 3.8) is 0 Å². The van der Waals surface area contributed by atoms with Crippen molar-refractivity contribution in [3.05, 3.63) is 22.9 Å². The van der Waals surface area contributed by atoms with E-state index in [9.17, 15) is 4.79 Å². The van der Waals surface area contributed by atoms with Gasteiger partial charge in [-0.2, -0.15) is 0 Å². The Morgan fingerprint density at radius 2 is 2.46 bits per heavy atom. The second-order valence-electron chi connectivity index (χ2n) is 3.54. The highest BCUT2D eigenvalue weighted by Gasteiger charge is 2.19. The average molecular weight is 181 g/mol. The molecule has 1 saturated carbocycles. The molecule has 0 unspecified atom stereocenters. The fourth-order valence-corrected chi connectivity index (χ4v) is 1.37. The van der Waals surface area contributed by atoms with Gasteiger partial charge in [-0.05, 0) is 25.8 Å². The summed E-state index contributed by atoms with van der Waals surface area (Å²) in [6.45, 7) is 1.82. The van der Waals surface area contributed by atoms with E-state index in [0.717, 1.165) is 25.6 Å². The van der Waals surface area contributed by atoms with Gasteiger partial charge in [0, 0.05) is 25.0 Å². The predicted molar refractivity (Wildman–Crippen MR) is 50.7 cm³/mol. The molecule has 2 N–H and O–H groups in total. The summed E-state index contributed by atoms with van der Waals surface area (Å²) in [4.78, 5) is 13.7. The van der Waals surface area contributed by atoms with Crippen molar-refractivity contribution in [2.45, 2.75) is 31.8 Å². The second kappa shape index (κ2) is 3.79. The van der Waals surface area contributed by atoms with Crippen molar-refractivity contribution in [3.8, 4) is 0 Å². The number of H-pyrrole nitrogens is 1. The maximum absolute atomic E-state index is 11.0. The summed E-state index contributed by atoms with van der Waals surface area (Å²) < 4.78 is 1.70. The summed E-state index contributed by atoms with van der Waals surface area (Å²) in [5, 5.41) is 3.41. The summed E-state index contributed by atoms with van der Waals surface area (Å²) >= 11 is 0. The van der Waals surface area contributed by atoms with Crippen molar-refractivity contribution < 1.29 is 0 Å². The van der Waals surface area contributed by atoms with E-state index in [1.165, 1.54) is 12.8 Å². The highest BCUT2D eigenvalue weighted by atomic mass is 16.1. The predicted octanol–water partition coefficient (Wildman–Crippen LogP) is 0.318. The van der Waals surface area contributed by atoms with Crippen LogP contribution in [0.3, 0.4) is 0 Å². The zero-order valence-corrected chi connectivity index (χ0v) is 7.62. The van der Waals surface area contributed by atoms with E-state index in [-0.39, 0.29) is 5.69 Å². The van der Waals surface area contributed by atoms with E-state index in [1.807, 2.05) is 0 Å². The Kier molecular flexibility index (Phi) is 2.49. The first-order chi connectivity index (χ1) is 6.36. The van der Waals surface area contributed by atoms with Gasteiger partial charge < -0.3 is 10.3 Å². The van der Waals surface area contributed by atoms with Gasteiger partial charge in [-0.25, -0.2) is 4.79 Å². The molecule has 0 spiro atoms. The van der Waals surface area contributed by atoms with Crippen LogP contribution in [0, 0.1) is 0 Å². The minimum Gasteiger partial charge on any atom is -0.314 e. The number of nitrogens with zero attached hydrogens (tertiary/aromatic N) is 1. The first kappa shape index (κ1) is 8.56. The summed E-state index contributed by atoms with van der Waals surface area (Å²) in [7, 11) is 0. The van der Waals surface area contributed by atoms with Gasteiger partial charge in [0.25, 0.3) is 0 Å². The standard InChI is InChI=1S/C9H15N3O/c13-9-11-5-7-12(9)6-1-4-10-8-2-3-8/h5,7-8,10H,1-4,6H2,(H,11,13). The lowest BCUT2D eigenvalue weighted by Gasteiger charge is -2.02. The zero-order valence-electron chi connectivity index (χ0n) is 7.62. The molecule has 13 heavy (non-hydrogen) atoms. The smallest absolute Gasteiger partial charge is 0.314 e.